The standard InChI is InChI=1S/C15H12BrN3O2/c16-12-7-4-8-19-13(9-17-14(12)19)18-15(20)21-10-11-5-2-1-3-6-11/h1-9H,10H2,(H,18,20). The van der Waals surface area contributed by atoms with Crippen LogP contribution in [-0.4, -0.2) is 15.5 Å². The van der Waals surface area contributed by atoms with Gasteiger partial charge in [-0.25, -0.2) is 9.78 Å². The Balaban J connectivity index is 1.68. The smallest absolute Gasteiger partial charge is 0.413 e. The van der Waals surface area contributed by atoms with E-state index in [0.717, 1.165) is 15.7 Å². The van der Waals surface area contributed by atoms with Crippen LogP contribution < -0.4 is 5.32 Å². The molecule has 0 spiro atoms. The average molecular weight is 346 g/mol. The van der Waals surface area contributed by atoms with Gasteiger partial charge in [-0.05, 0) is 33.6 Å². The third-order valence-electron chi connectivity index (χ3n) is 2.93. The van der Waals surface area contributed by atoms with Crippen LogP contribution >= 0.6 is 15.9 Å². The molecule has 0 aliphatic carbocycles. The molecule has 0 saturated heterocycles. The summed E-state index contributed by atoms with van der Waals surface area (Å²) < 4.78 is 7.81. The van der Waals surface area contributed by atoms with Crippen molar-refractivity contribution in [1.29, 1.82) is 0 Å². The maximum Gasteiger partial charge on any atom is 0.413 e. The number of fused-ring (bicyclic) bond motifs is 1. The van der Waals surface area contributed by atoms with E-state index in [1.165, 1.54) is 0 Å². The zero-order valence-corrected chi connectivity index (χ0v) is 12.6. The van der Waals surface area contributed by atoms with Gasteiger partial charge in [-0.3, -0.25) is 9.72 Å². The number of benzene rings is 1. The lowest BCUT2D eigenvalue weighted by Crippen LogP contribution is -2.14. The lowest BCUT2D eigenvalue weighted by molar-refractivity contribution is 0.155. The number of ether oxygens (including phenoxy) is 1. The van der Waals surface area contributed by atoms with Crippen molar-refractivity contribution in [3.05, 3.63) is 64.9 Å². The maximum atomic E-state index is 11.8. The van der Waals surface area contributed by atoms with E-state index in [4.69, 9.17) is 4.74 Å². The van der Waals surface area contributed by atoms with Crippen LogP contribution in [0.2, 0.25) is 0 Å². The molecule has 0 aliphatic heterocycles. The minimum absolute atomic E-state index is 0.229. The molecule has 1 aromatic carbocycles. The molecule has 0 atom stereocenters. The number of amides is 1. The molecule has 1 N–H and O–H groups in total. The molecule has 5 nitrogen and oxygen atoms in total. The quantitative estimate of drug-likeness (QED) is 0.784. The second-order valence-corrected chi connectivity index (χ2v) is 5.23. The fourth-order valence-corrected chi connectivity index (χ4v) is 2.38. The molecule has 3 rings (SSSR count). The number of aromatic nitrogens is 2. The Labute approximate surface area is 129 Å². The topological polar surface area (TPSA) is 55.6 Å². The molecule has 21 heavy (non-hydrogen) atoms. The van der Waals surface area contributed by atoms with Gasteiger partial charge in [0.25, 0.3) is 0 Å². The molecule has 2 heterocycles. The van der Waals surface area contributed by atoms with E-state index < -0.39 is 6.09 Å². The van der Waals surface area contributed by atoms with Crippen molar-refractivity contribution in [2.24, 2.45) is 0 Å². The second-order valence-electron chi connectivity index (χ2n) is 4.38. The van der Waals surface area contributed by atoms with Gasteiger partial charge in [0.15, 0.2) is 5.65 Å². The Morgan fingerprint density at radius 2 is 2.05 bits per heavy atom. The summed E-state index contributed by atoms with van der Waals surface area (Å²) in [5, 5.41) is 2.68. The number of halogens is 1. The first-order valence-electron chi connectivity index (χ1n) is 6.33. The molecule has 0 aliphatic rings. The van der Waals surface area contributed by atoms with Crippen molar-refractivity contribution in [2.75, 3.05) is 5.32 Å². The summed E-state index contributed by atoms with van der Waals surface area (Å²) >= 11 is 3.41. The normalized spacial score (nSPS) is 10.5. The number of carbonyl (C=O) groups is 1. The fourth-order valence-electron chi connectivity index (χ4n) is 1.93. The van der Waals surface area contributed by atoms with Crippen LogP contribution in [-0.2, 0) is 11.3 Å². The van der Waals surface area contributed by atoms with Crippen molar-refractivity contribution in [1.82, 2.24) is 9.38 Å². The monoisotopic (exact) mass is 345 g/mol. The Bertz CT molecular complexity index is 771. The van der Waals surface area contributed by atoms with Gasteiger partial charge in [-0.1, -0.05) is 30.3 Å². The largest absolute Gasteiger partial charge is 0.444 e. The third-order valence-corrected chi connectivity index (χ3v) is 3.55. The van der Waals surface area contributed by atoms with Crippen LogP contribution in [0.15, 0.2) is 59.3 Å². The van der Waals surface area contributed by atoms with Crippen molar-refractivity contribution in [3.63, 3.8) is 0 Å². The predicted molar refractivity (Wildman–Crippen MR) is 83.1 cm³/mol. The summed E-state index contributed by atoms with van der Waals surface area (Å²) in [6, 6.07) is 13.3. The fraction of sp³-hybridized carbons (Fsp3) is 0.0667. The number of hydrogen-bond donors (Lipinski definition) is 1. The van der Waals surface area contributed by atoms with Gasteiger partial charge < -0.3 is 4.74 Å². The van der Waals surface area contributed by atoms with Crippen molar-refractivity contribution >= 4 is 33.5 Å². The van der Waals surface area contributed by atoms with E-state index in [2.05, 4.69) is 26.2 Å². The van der Waals surface area contributed by atoms with E-state index in [0.29, 0.717) is 5.82 Å². The first-order chi connectivity index (χ1) is 10.2. The molecule has 2 aromatic heterocycles. The van der Waals surface area contributed by atoms with Crippen LogP contribution in [0, 0.1) is 0 Å². The van der Waals surface area contributed by atoms with E-state index in [-0.39, 0.29) is 6.61 Å². The molecule has 3 aromatic rings. The number of nitrogens with one attached hydrogen (secondary N) is 1. The molecule has 1 amide bonds. The van der Waals surface area contributed by atoms with Crippen molar-refractivity contribution in [2.45, 2.75) is 6.61 Å². The van der Waals surface area contributed by atoms with E-state index >= 15 is 0 Å². The number of imidazole rings is 1. The first-order valence-corrected chi connectivity index (χ1v) is 7.12. The highest BCUT2D eigenvalue weighted by molar-refractivity contribution is 9.10. The second kappa shape index (κ2) is 5.97. The van der Waals surface area contributed by atoms with Crippen LogP contribution in [0.1, 0.15) is 5.56 Å². The lowest BCUT2D eigenvalue weighted by atomic mass is 10.2. The molecule has 0 radical (unpaired) electrons. The molecule has 0 bridgehead atoms. The van der Waals surface area contributed by atoms with Gasteiger partial charge in [-0.15, -0.1) is 0 Å². The molecular formula is C15H12BrN3O2. The average Bonchev–Trinajstić information content (AvgIpc) is 2.91. The highest BCUT2D eigenvalue weighted by Gasteiger charge is 2.09. The van der Waals surface area contributed by atoms with Gasteiger partial charge in [0.05, 0.1) is 10.7 Å². The zero-order valence-electron chi connectivity index (χ0n) is 11.0. The Kier molecular flexibility index (Phi) is 3.87. The van der Waals surface area contributed by atoms with Crippen LogP contribution in [0.5, 0.6) is 0 Å². The van der Waals surface area contributed by atoms with Crippen LogP contribution in [0.3, 0.4) is 0 Å². The summed E-state index contributed by atoms with van der Waals surface area (Å²) in [4.78, 5) is 16.1. The summed E-state index contributed by atoms with van der Waals surface area (Å²) in [7, 11) is 0. The number of hydrogen-bond acceptors (Lipinski definition) is 3. The molecule has 0 saturated carbocycles. The molecule has 6 heteroatoms. The third kappa shape index (κ3) is 3.05. The Morgan fingerprint density at radius 3 is 2.86 bits per heavy atom. The lowest BCUT2D eigenvalue weighted by Gasteiger charge is -2.07. The molecular weight excluding hydrogens is 334 g/mol. The predicted octanol–water partition coefficient (Wildman–Crippen LogP) is 3.85. The summed E-state index contributed by atoms with van der Waals surface area (Å²) in [6.07, 6.45) is 2.89. The van der Waals surface area contributed by atoms with Crippen LogP contribution in [0.25, 0.3) is 5.65 Å². The summed E-state index contributed by atoms with van der Waals surface area (Å²) in [5.74, 6) is 0.560. The van der Waals surface area contributed by atoms with Gasteiger partial charge in [0.2, 0.25) is 0 Å². The zero-order chi connectivity index (χ0) is 14.7. The number of anilines is 1. The SMILES string of the molecule is O=C(Nc1cnc2c(Br)cccn12)OCc1ccccc1. The van der Waals surface area contributed by atoms with Crippen LogP contribution in [0.4, 0.5) is 10.6 Å². The summed E-state index contributed by atoms with van der Waals surface area (Å²) in [6.45, 7) is 0.229. The van der Waals surface area contributed by atoms with Gasteiger partial charge >= 0.3 is 6.09 Å². The van der Waals surface area contributed by atoms with E-state index in [1.54, 1.807) is 10.6 Å². The Hall–Kier alpha value is -2.34. The first kappa shape index (κ1) is 13.6. The highest BCUT2D eigenvalue weighted by atomic mass is 79.9. The van der Waals surface area contributed by atoms with Crippen molar-refractivity contribution < 1.29 is 9.53 Å². The summed E-state index contributed by atoms with van der Waals surface area (Å²) in [5.41, 5.74) is 1.67. The minimum atomic E-state index is -0.513. The number of rotatable bonds is 3. The van der Waals surface area contributed by atoms with Crippen molar-refractivity contribution in [3.8, 4) is 0 Å². The number of pyridine rings is 1. The maximum absolute atomic E-state index is 11.8. The minimum Gasteiger partial charge on any atom is -0.444 e. The Morgan fingerprint density at radius 1 is 1.24 bits per heavy atom. The van der Waals surface area contributed by atoms with E-state index in [1.807, 2.05) is 48.7 Å². The van der Waals surface area contributed by atoms with Gasteiger partial charge in [0.1, 0.15) is 12.4 Å². The highest BCUT2D eigenvalue weighted by Crippen LogP contribution is 2.20. The molecule has 0 fully saturated rings. The van der Waals surface area contributed by atoms with Gasteiger partial charge in [0, 0.05) is 6.20 Å². The number of carbonyl (C=O) groups excluding carboxylic acids is 1. The molecule has 106 valence electrons. The van der Waals surface area contributed by atoms with Gasteiger partial charge in [-0.2, -0.15) is 0 Å². The molecule has 0 unspecified atom stereocenters. The van der Waals surface area contributed by atoms with E-state index in [9.17, 15) is 4.79 Å². The number of nitrogens with zero attached hydrogens (tertiary/aromatic N) is 2.